The van der Waals surface area contributed by atoms with Crippen molar-refractivity contribution in [1.29, 1.82) is 0 Å². The topological polar surface area (TPSA) is 38.3 Å². The number of carbonyl (C=O) groups is 1. The van der Waals surface area contributed by atoms with E-state index in [2.05, 4.69) is 12.2 Å². The minimum absolute atomic E-state index is 0.0814. The molecule has 1 aliphatic rings. The third-order valence-electron chi connectivity index (χ3n) is 3.60. The highest BCUT2D eigenvalue weighted by Gasteiger charge is 2.28. The molecule has 1 unspecified atom stereocenters. The van der Waals surface area contributed by atoms with Gasteiger partial charge in [0.25, 0.3) is 5.91 Å². The summed E-state index contributed by atoms with van der Waals surface area (Å²) < 4.78 is 5.70. The maximum atomic E-state index is 12.3. The SMILES string of the molecule is CCc1ccccc1NC(=O)C1Cc2ccccc2O1. The van der Waals surface area contributed by atoms with E-state index < -0.39 is 6.10 Å². The number of benzene rings is 2. The number of nitrogens with one attached hydrogen (secondary N) is 1. The molecule has 1 N–H and O–H groups in total. The molecule has 0 aliphatic carbocycles. The van der Waals surface area contributed by atoms with Crippen molar-refractivity contribution in [3.05, 3.63) is 59.7 Å². The molecule has 3 nitrogen and oxygen atoms in total. The Hall–Kier alpha value is -2.29. The summed E-state index contributed by atoms with van der Waals surface area (Å²) in [7, 11) is 0. The van der Waals surface area contributed by atoms with Crippen molar-refractivity contribution in [2.45, 2.75) is 25.9 Å². The van der Waals surface area contributed by atoms with Crippen LogP contribution in [0.3, 0.4) is 0 Å². The fourth-order valence-corrected chi connectivity index (χ4v) is 2.49. The first kappa shape index (κ1) is 12.7. The number of aryl methyl sites for hydroxylation is 1. The zero-order valence-corrected chi connectivity index (χ0v) is 11.4. The molecule has 0 bridgehead atoms. The number of hydrogen-bond donors (Lipinski definition) is 1. The summed E-state index contributed by atoms with van der Waals surface area (Å²) in [6.45, 7) is 2.08. The van der Waals surface area contributed by atoms with Gasteiger partial charge in [-0.1, -0.05) is 43.3 Å². The number of carbonyl (C=O) groups excluding carboxylic acids is 1. The second kappa shape index (κ2) is 5.37. The highest BCUT2D eigenvalue weighted by Crippen LogP contribution is 2.29. The lowest BCUT2D eigenvalue weighted by Gasteiger charge is -2.13. The highest BCUT2D eigenvalue weighted by molar-refractivity contribution is 5.95. The summed E-state index contributed by atoms with van der Waals surface area (Å²) >= 11 is 0. The standard InChI is InChI=1S/C17H17NO2/c1-2-12-7-3-5-9-14(12)18-17(19)16-11-13-8-4-6-10-15(13)20-16/h3-10,16H,2,11H2,1H3,(H,18,19). The van der Waals surface area contributed by atoms with Gasteiger partial charge in [0.05, 0.1) is 0 Å². The van der Waals surface area contributed by atoms with E-state index >= 15 is 0 Å². The smallest absolute Gasteiger partial charge is 0.265 e. The summed E-state index contributed by atoms with van der Waals surface area (Å²) in [5.74, 6) is 0.735. The number of fused-ring (bicyclic) bond motifs is 1. The van der Waals surface area contributed by atoms with Gasteiger partial charge in [-0.15, -0.1) is 0 Å². The van der Waals surface area contributed by atoms with Gasteiger partial charge in [0.15, 0.2) is 6.10 Å². The molecule has 0 aromatic heterocycles. The average molecular weight is 267 g/mol. The van der Waals surface area contributed by atoms with E-state index in [0.717, 1.165) is 29.0 Å². The van der Waals surface area contributed by atoms with Crippen LogP contribution in [0.15, 0.2) is 48.5 Å². The first-order valence-corrected chi connectivity index (χ1v) is 6.91. The molecular formula is C17H17NO2. The second-order valence-electron chi connectivity index (χ2n) is 4.92. The predicted molar refractivity (Wildman–Crippen MR) is 79.0 cm³/mol. The van der Waals surface area contributed by atoms with Crippen molar-refractivity contribution in [1.82, 2.24) is 0 Å². The fraction of sp³-hybridized carbons (Fsp3) is 0.235. The molecule has 2 aromatic rings. The van der Waals surface area contributed by atoms with Gasteiger partial charge >= 0.3 is 0 Å². The Labute approximate surface area is 118 Å². The van der Waals surface area contributed by atoms with Gasteiger partial charge in [0.1, 0.15) is 5.75 Å². The van der Waals surface area contributed by atoms with E-state index in [-0.39, 0.29) is 5.91 Å². The van der Waals surface area contributed by atoms with E-state index in [1.54, 1.807) is 0 Å². The molecular weight excluding hydrogens is 250 g/mol. The van der Waals surface area contributed by atoms with Crippen LogP contribution in [0.25, 0.3) is 0 Å². The van der Waals surface area contributed by atoms with E-state index in [1.807, 2.05) is 48.5 Å². The molecule has 0 saturated heterocycles. The van der Waals surface area contributed by atoms with Crippen molar-refractivity contribution in [2.75, 3.05) is 5.32 Å². The Morgan fingerprint density at radius 2 is 1.95 bits per heavy atom. The fourth-order valence-electron chi connectivity index (χ4n) is 2.49. The van der Waals surface area contributed by atoms with E-state index in [4.69, 9.17) is 4.74 Å². The van der Waals surface area contributed by atoms with Crippen LogP contribution in [-0.2, 0) is 17.6 Å². The van der Waals surface area contributed by atoms with Gasteiger partial charge in [-0.25, -0.2) is 0 Å². The van der Waals surface area contributed by atoms with Crippen LogP contribution in [0.4, 0.5) is 5.69 Å². The molecule has 102 valence electrons. The molecule has 1 amide bonds. The van der Waals surface area contributed by atoms with Gasteiger partial charge in [-0.3, -0.25) is 4.79 Å². The number of amides is 1. The maximum Gasteiger partial charge on any atom is 0.265 e. The number of rotatable bonds is 3. The van der Waals surface area contributed by atoms with Gasteiger partial charge < -0.3 is 10.1 Å². The van der Waals surface area contributed by atoms with Crippen LogP contribution >= 0.6 is 0 Å². The van der Waals surface area contributed by atoms with Crippen LogP contribution in [0, 0.1) is 0 Å². The molecule has 20 heavy (non-hydrogen) atoms. The summed E-state index contributed by atoms with van der Waals surface area (Å²) in [5.41, 5.74) is 3.10. The van der Waals surface area contributed by atoms with Crippen molar-refractivity contribution < 1.29 is 9.53 Å². The third-order valence-corrected chi connectivity index (χ3v) is 3.60. The Balaban J connectivity index is 1.72. The second-order valence-corrected chi connectivity index (χ2v) is 4.92. The van der Waals surface area contributed by atoms with Crippen molar-refractivity contribution in [3.63, 3.8) is 0 Å². The lowest BCUT2D eigenvalue weighted by atomic mass is 10.1. The Morgan fingerprint density at radius 1 is 1.20 bits per heavy atom. The van der Waals surface area contributed by atoms with Crippen molar-refractivity contribution >= 4 is 11.6 Å². The van der Waals surface area contributed by atoms with Crippen LogP contribution < -0.4 is 10.1 Å². The largest absolute Gasteiger partial charge is 0.480 e. The van der Waals surface area contributed by atoms with Crippen LogP contribution in [0.2, 0.25) is 0 Å². The minimum Gasteiger partial charge on any atom is -0.480 e. The summed E-state index contributed by atoms with van der Waals surface area (Å²) in [4.78, 5) is 12.3. The zero-order chi connectivity index (χ0) is 13.9. The normalized spacial score (nSPS) is 16.4. The molecule has 3 rings (SSSR count). The lowest BCUT2D eigenvalue weighted by molar-refractivity contribution is -0.122. The molecule has 0 spiro atoms. The highest BCUT2D eigenvalue weighted by atomic mass is 16.5. The molecule has 0 saturated carbocycles. The first-order valence-electron chi connectivity index (χ1n) is 6.91. The van der Waals surface area contributed by atoms with Crippen molar-refractivity contribution in [2.24, 2.45) is 0 Å². The van der Waals surface area contributed by atoms with E-state index in [0.29, 0.717) is 6.42 Å². The van der Waals surface area contributed by atoms with Gasteiger partial charge in [-0.2, -0.15) is 0 Å². The average Bonchev–Trinajstić information content (AvgIpc) is 2.92. The van der Waals surface area contributed by atoms with Crippen LogP contribution in [0.5, 0.6) is 5.75 Å². The zero-order valence-electron chi connectivity index (χ0n) is 11.4. The third kappa shape index (κ3) is 2.39. The summed E-state index contributed by atoms with van der Waals surface area (Å²) in [5, 5.41) is 2.97. The Morgan fingerprint density at radius 3 is 2.75 bits per heavy atom. The van der Waals surface area contributed by atoms with Gasteiger partial charge in [0, 0.05) is 12.1 Å². The maximum absolute atomic E-state index is 12.3. The molecule has 0 radical (unpaired) electrons. The molecule has 1 heterocycles. The molecule has 1 aliphatic heterocycles. The number of hydrogen-bond acceptors (Lipinski definition) is 2. The molecule has 3 heteroatoms. The molecule has 2 aromatic carbocycles. The number of anilines is 1. The van der Waals surface area contributed by atoms with Gasteiger partial charge in [0.2, 0.25) is 0 Å². The lowest BCUT2D eigenvalue weighted by Crippen LogP contribution is -2.31. The summed E-state index contributed by atoms with van der Waals surface area (Å²) in [6, 6.07) is 15.7. The quantitative estimate of drug-likeness (QED) is 0.927. The van der Waals surface area contributed by atoms with Crippen molar-refractivity contribution in [3.8, 4) is 5.75 Å². The van der Waals surface area contributed by atoms with Gasteiger partial charge in [-0.05, 0) is 29.7 Å². The first-order chi connectivity index (χ1) is 9.78. The number of ether oxygens (including phenoxy) is 1. The Kier molecular flexibility index (Phi) is 3.42. The van der Waals surface area contributed by atoms with Crippen LogP contribution in [0.1, 0.15) is 18.1 Å². The Bertz CT molecular complexity index is 611. The van der Waals surface area contributed by atoms with E-state index in [9.17, 15) is 4.79 Å². The number of para-hydroxylation sites is 2. The molecule has 0 fully saturated rings. The predicted octanol–water partition coefficient (Wildman–Crippen LogP) is 3.19. The minimum atomic E-state index is -0.433. The summed E-state index contributed by atoms with van der Waals surface area (Å²) in [6.07, 6.45) is 1.09. The van der Waals surface area contributed by atoms with E-state index in [1.165, 1.54) is 0 Å². The monoisotopic (exact) mass is 267 g/mol. The van der Waals surface area contributed by atoms with Crippen LogP contribution in [-0.4, -0.2) is 12.0 Å². The molecule has 1 atom stereocenters.